The molecule has 86 valence electrons. The van der Waals surface area contributed by atoms with Crippen molar-refractivity contribution in [2.45, 2.75) is 13.8 Å². The first kappa shape index (κ1) is 12.1. The maximum Gasteiger partial charge on any atom is 0.0739 e. The Morgan fingerprint density at radius 2 is 1.88 bits per heavy atom. The number of rotatable bonds is 4. The van der Waals surface area contributed by atoms with Gasteiger partial charge in [-0.2, -0.15) is 0 Å². The van der Waals surface area contributed by atoms with Gasteiger partial charge in [0.25, 0.3) is 0 Å². The van der Waals surface area contributed by atoms with Crippen molar-refractivity contribution in [3.63, 3.8) is 0 Å². The van der Waals surface area contributed by atoms with E-state index in [-0.39, 0.29) is 0 Å². The summed E-state index contributed by atoms with van der Waals surface area (Å²) in [6, 6.07) is 7.56. The molecule has 0 bridgehead atoms. The van der Waals surface area contributed by atoms with Crippen LogP contribution in [0.25, 0.3) is 0 Å². The number of benzene rings is 1. The third-order valence-corrected chi connectivity index (χ3v) is 2.28. The maximum atomic E-state index is 7.61. The number of nitrogens with two attached hydrogens (primary N) is 1. The zero-order valence-electron chi connectivity index (χ0n) is 9.89. The number of nitrogens with one attached hydrogen (secondary N) is 3. The lowest BCUT2D eigenvalue weighted by atomic mass is 10.2. The van der Waals surface area contributed by atoms with Crippen LogP contribution in [0.15, 0.2) is 35.7 Å². The Morgan fingerprint density at radius 3 is 2.38 bits per heavy atom. The average molecular weight is 218 g/mol. The topological polar surface area (TPSA) is 73.9 Å². The van der Waals surface area contributed by atoms with Crippen molar-refractivity contribution in [3.05, 3.63) is 35.7 Å². The van der Waals surface area contributed by atoms with E-state index in [1.54, 1.807) is 14.0 Å². The second-order valence-electron chi connectivity index (χ2n) is 3.59. The fourth-order valence-electron chi connectivity index (χ4n) is 1.53. The summed E-state index contributed by atoms with van der Waals surface area (Å²) in [5.41, 5.74) is 9.53. The number of allylic oxidation sites excluding steroid dienone is 2. The Morgan fingerprint density at radius 1 is 1.25 bits per heavy atom. The first-order valence-corrected chi connectivity index (χ1v) is 5.12. The molecule has 0 aliphatic rings. The number of para-hydroxylation sites is 2. The molecule has 0 heterocycles. The molecule has 5 N–H and O–H groups in total. The highest BCUT2D eigenvalue weighted by Gasteiger charge is 2.04. The molecule has 0 atom stereocenters. The highest BCUT2D eigenvalue weighted by atomic mass is 15.0. The fraction of sp³-hybridized carbons (Fsp3) is 0.250. The zero-order chi connectivity index (χ0) is 12.1. The van der Waals surface area contributed by atoms with Gasteiger partial charge in [0.05, 0.1) is 22.8 Å². The molecule has 0 saturated heterocycles. The van der Waals surface area contributed by atoms with Gasteiger partial charge in [-0.3, -0.25) is 0 Å². The lowest BCUT2D eigenvalue weighted by Crippen LogP contribution is -2.18. The van der Waals surface area contributed by atoms with E-state index in [0.29, 0.717) is 11.4 Å². The van der Waals surface area contributed by atoms with E-state index in [0.717, 1.165) is 17.1 Å². The molecule has 0 spiro atoms. The Bertz CT molecular complexity index is 421. The molecule has 0 aliphatic carbocycles. The minimum Gasteiger partial charge on any atom is -0.397 e. The van der Waals surface area contributed by atoms with E-state index in [1.165, 1.54) is 0 Å². The van der Waals surface area contributed by atoms with Gasteiger partial charge in [0.15, 0.2) is 0 Å². The average Bonchev–Trinajstić information content (AvgIpc) is 2.22. The molecule has 0 aliphatic heterocycles. The molecule has 4 heteroatoms. The van der Waals surface area contributed by atoms with Crippen LogP contribution in [0.5, 0.6) is 0 Å². The van der Waals surface area contributed by atoms with Crippen LogP contribution in [0.3, 0.4) is 0 Å². The van der Waals surface area contributed by atoms with E-state index < -0.39 is 0 Å². The Hall–Kier alpha value is -1.97. The molecule has 0 aromatic heterocycles. The smallest absolute Gasteiger partial charge is 0.0739 e. The Labute approximate surface area is 96.1 Å². The van der Waals surface area contributed by atoms with Crippen molar-refractivity contribution in [2.24, 2.45) is 0 Å². The monoisotopic (exact) mass is 218 g/mol. The zero-order valence-corrected chi connectivity index (χ0v) is 9.89. The summed E-state index contributed by atoms with van der Waals surface area (Å²) in [6.07, 6.45) is 0. The second kappa shape index (κ2) is 5.21. The quantitative estimate of drug-likeness (QED) is 0.462. The maximum absolute atomic E-state index is 7.61. The number of hydrogen-bond acceptors (Lipinski definition) is 4. The van der Waals surface area contributed by atoms with Gasteiger partial charge in [0.1, 0.15) is 0 Å². The molecule has 1 aromatic carbocycles. The SMILES string of the molecule is CN/C(C(C)=N)=C(\C)Nc1ccccc1N. The third kappa shape index (κ3) is 2.76. The lowest BCUT2D eigenvalue weighted by molar-refractivity contribution is 1.01. The summed E-state index contributed by atoms with van der Waals surface area (Å²) in [7, 11) is 1.80. The summed E-state index contributed by atoms with van der Waals surface area (Å²) < 4.78 is 0. The molecule has 16 heavy (non-hydrogen) atoms. The van der Waals surface area contributed by atoms with Gasteiger partial charge in [0, 0.05) is 12.7 Å². The lowest BCUT2D eigenvalue weighted by Gasteiger charge is -2.14. The Kier molecular flexibility index (Phi) is 3.94. The fourth-order valence-corrected chi connectivity index (χ4v) is 1.53. The summed E-state index contributed by atoms with van der Waals surface area (Å²) in [5.74, 6) is 0. The largest absolute Gasteiger partial charge is 0.397 e. The minimum atomic E-state index is 0.488. The van der Waals surface area contributed by atoms with Gasteiger partial charge < -0.3 is 21.8 Å². The van der Waals surface area contributed by atoms with Crippen LogP contribution in [0.4, 0.5) is 11.4 Å². The van der Waals surface area contributed by atoms with Crippen LogP contribution in [0.1, 0.15) is 13.8 Å². The van der Waals surface area contributed by atoms with Gasteiger partial charge in [-0.15, -0.1) is 0 Å². The van der Waals surface area contributed by atoms with Gasteiger partial charge in [-0.05, 0) is 26.0 Å². The molecule has 0 unspecified atom stereocenters. The van der Waals surface area contributed by atoms with Crippen molar-refractivity contribution < 1.29 is 0 Å². The summed E-state index contributed by atoms with van der Waals surface area (Å²) >= 11 is 0. The van der Waals surface area contributed by atoms with Crippen molar-refractivity contribution in [1.82, 2.24) is 5.32 Å². The van der Waals surface area contributed by atoms with Gasteiger partial charge in [-0.1, -0.05) is 12.1 Å². The number of anilines is 2. The van der Waals surface area contributed by atoms with Crippen LogP contribution < -0.4 is 16.4 Å². The molecule has 4 nitrogen and oxygen atoms in total. The number of hydrogen-bond donors (Lipinski definition) is 4. The van der Waals surface area contributed by atoms with Gasteiger partial charge in [0.2, 0.25) is 0 Å². The van der Waals surface area contributed by atoms with Crippen molar-refractivity contribution in [2.75, 3.05) is 18.1 Å². The Balaban J connectivity index is 2.97. The van der Waals surface area contributed by atoms with Crippen molar-refractivity contribution in [3.8, 4) is 0 Å². The van der Waals surface area contributed by atoms with E-state index >= 15 is 0 Å². The molecule has 1 rings (SSSR count). The minimum absolute atomic E-state index is 0.488. The first-order valence-electron chi connectivity index (χ1n) is 5.12. The van der Waals surface area contributed by atoms with Crippen LogP contribution in [-0.2, 0) is 0 Å². The first-order chi connectivity index (χ1) is 7.56. The molecule has 0 fully saturated rings. The van der Waals surface area contributed by atoms with Crippen molar-refractivity contribution in [1.29, 1.82) is 5.41 Å². The summed E-state index contributed by atoms with van der Waals surface area (Å²) in [6.45, 7) is 3.65. The number of nitrogen functional groups attached to an aromatic ring is 1. The summed E-state index contributed by atoms with van der Waals surface area (Å²) in [5, 5.41) is 13.8. The molecule has 0 saturated carbocycles. The molecular formula is C12H18N4. The van der Waals surface area contributed by atoms with E-state index in [1.807, 2.05) is 31.2 Å². The van der Waals surface area contributed by atoms with E-state index in [9.17, 15) is 0 Å². The third-order valence-electron chi connectivity index (χ3n) is 2.28. The highest BCUT2D eigenvalue weighted by molar-refractivity contribution is 5.96. The van der Waals surface area contributed by atoms with Crippen LogP contribution in [0, 0.1) is 5.41 Å². The predicted octanol–water partition coefficient (Wildman–Crippen LogP) is 2.17. The standard InChI is InChI=1S/C12H18N4/c1-8(13)12(15-3)9(2)16-11-7-5-4-6-10(11)14/h4-7,13,15-16H,14H2,1-3H3/b12-9+,13-8?. The van der Waals surface area contributed by atoms with Crippen molar-refractivity contribution >= 4 is 17.1 Å². The van der Waals surface area contributed by atoms with Crippen LogP contribution in [0.2, 0.25) is 0 Å². The van der Waals surface area contributed by atoms with Gasteiger partial charge >= 0.3 is 0 Å². The predicted molar refractivity (Wildman–Crippen MR) is 69.6 cm³/mol. The molecule has 0 radical (unpaired) electrons. The highest BCUT2D eigenvalue weighted by Crippen LogP contribution is 2.19. The molecule has 0 amide bonds. The van der Waals surface area contributed by atoms with E-state index in [2.05, 4.69) is 10.6 Å². The van der Waals surface area contributed by atoms with Crippen LogP contribution in [-0.4, -0.2) is 12.8 Å². The normalized spacial score (nSPS) is 11.7. The molecule has 1 aromatic rings. The van der Waals surface area contributed by atoms with Gasteiger partial charge in [-0.25, -0.2) is 0 Å². The van der Waals surface area contributed by atoms with E-state index in [4.69, 9.17) is 11.1 Å². The molecular weight excluding hydrogens is 200 g/mol. The summed E-state index contributed by atoms with van der Waals surface area (Å²) in [4.78, 5) is 0. The second-order valence-corrected chi connectivity index (χ2v) is 3.59. The van der Waals surface area contributed by atoms with Crippen LogP contribution >= 0.6 is 0 Å².